The zero-order valence-corrected chi connectivity index (χ0v) is 7.13. The van der Waals surface area contributed by atoms with Crippen molar-refractivity contribution in [2.24, 2.45) is 5.73 Å². The van der Waals surface area contributed by atoms with E-state index in [1.54, 1.807) is 0 Å². The molecule has 5 heteroatoms. The zero-order chi connectivity index (χ0) is 9.90. The average Bonchev–Trinajstić information content (AvgIpc) is 2.18. The summed E-state index contributed by atoms with van der Waals surface area (Å²) in [6.45, 7) is -0.744. The van der Waals surface area contributed by atoms with Gasteiger partial charge in [0.15, 0.2) is 0 Å². The third-order valence-corrected chi connectivity index (χ3v) is 1.60. The van der Waals surface area contributed by atoms with Crippen molar-refractivity contribution in [3.8, 4) is 5.75 Å². The van der Waals surface area contributed by atoms with Gasteiger partial charge in [-0.15, -0.1) is 0 Å². The van der Waals surface area contributed by atoms with Gasteiger partial charge in [-0.25, -0.2) is 0 Å². The Morgan fingerprint density at radius 2 is 2.23 bits per heavy atom. The molecule has 0 fully saturated rings. The van der Waals surface area contributed by atoms with Crippen LogP contribution in [0.15, 0.2) is 18.3 Å². The normalized spacial score (nSPS) is 11.4. The van der Waals surface area contributed by atoms with Crippen LogP contribution in [0.25, 0.3) is 0 Å². The van der Waals surface area contributed by atoms with E-state index < -0.39 is 12.5 Å². The van der Waals surface area contributed by atoms with E-state index in [-0.39, 0.29) is 5.69 Å². The zero-order valence-electron chi connectivity index (χ0n) is 7.13. The number of ether oxygens (including phenoxy) is 1. The van der Waals surface area contributed by atoms with Crippen LogP contribution in [0.1, 0.15) is 5.69 Å². The van der Waals surface area contributed by atoms with Crippen molar-refractivity contribution in [2.75, 3.05) is 13.7 Å². The molecule has 0 aliphatic carbocycles. The lowest BCUT2D eigenvalue weighted by Gasteiger charge is -2.12. The Kier molecular flexibility index (Phi) is 2.77. The maximum absolute atomic E-state index is 12.9. The summed E-state index contributed by atoms with van der Waals surface area (Å²) < 4.78 is 30.6. The molecular weight excluding hydrogens is 178 g/mol. The van der Waals surface area contributed by atoms with Crippen molar-refractivity contribution in [3.63, 3.8) is 0 Å². The van der Waals surface area contributed by atoms with Gasteiger partial charge in [0.25, 0.3) is 0 Å². The highest BCUT2D eigenvalue weighted by molar-refractivity contribution is 5.22. The predicted octanol–water partition coefficient (Wildman–Crippen LogP) is 1.14. The predicted molar refractivity (Wildman–Crippen MR) is 43.7 cm³/mol. The molecule has 13 heavy (non-hydrogen) atoms. The Balaban J connectivity index is 2.92. The number of halogens is 2. The van der Waals surface area contributed by atoms with Crippen LogP contribution in [-0.2, 0) is 5.92 Å². The topological polar surface area (TPSA) is 48.1 Å². The number of aromatic nitrogens is 1. The summed E-state index contributed by atoms with van der Waals surface area (Å²) in [5, 5.41) is 0. The van der Waals surface area contributed by atoms with Gasteiger partial charge in [0.2, 0.25) is 0 Å². The van der Waals surface area contributed by atoms with Crippen LogP contribution >= 0.6 is 0 Å². The standard InChI is InChI=1S/C8H10F2N2O/c1-13-6-2-3-7(12-4-6)8(9,10)5-11/h2-4H,5,11H2,1H3. The quantitative estimate of drug-likeness (QED) is 0.773. The molecule has 0 spiro atoms. The summed E-state index contributed by atoms with van der Waals surface area (Å²) in [5.41, 5.74) is 4.55. The minimum Gasteiger partial charge on any atom is -0.495 e. The Labute approximate surface area is 74.5 Å². The first-order valence-electron chi connectivity index (χ1n) is 3.68. The molecule has 1 rings (SSSR count). The molecule has 1 aromatic heterocycles. The molecule has 0 unspecified atom stereocenters. The van der Waals surface area contributed by atoms with Gasteiger partial charge in [0.05, 0.1) is 19.9 Å². The molecule has 1 heterocycles. The van der Waals surface area contributed by atoms with Gasteiger partial charge in [-0.3, -0.25) is 4.98 Å². The van der Waals surface area contributed by atoms with E-state index in [2.05, 4.69) is 4.98 Å². The van der Waals surface area contributed by atoms with Crippen LogP contribution in [0, 0.1) is 0 Å². The van der Waals surface area contributed by atoms with E-state index in [1.807, 2.05) is 0 Å². The van der Waals surface area contributed by atoms with Gasteiger partial charge in [-0.2, -0.15) is 8.78 Å². The van der Waals surface area contributed by atoms with E-state index in [1.165, 1.54) is 25.4 Å². The minimum atomic E-state index is -3.06. The third kappa shape index (κ3) is 2.12. The van der Waals surface area contributed by atoms with E-state index in [0.29, 0.717) is 5.75 Å². The van der Waals surface area contributed by atoms with Crippen molar-refractivity contribution in [3.05, 3.63) is 24.0 Å². The van der Waals surface area contributed by atoms with Gasteiger partial charge < -0.3 is 10.5 Å². The summed E-state index contributed by atoms with van der Waals surface area (Å²) >= 11 is 0. The number of nitrogens with zero attached hydrogens (tertiary/aromatic N) is 1. The van der Waals surface area contributed by atoms with Gasteiger partial charge in [0.1, 0.15) is 11.4 Å². The molecular formula is C8H10F2N2O. The molecule has 72 valence electrons. The molecule has 0 aliphatic heterocycles. The fourth-order valence-electron chi connectivity index (χ4n) is 0.822. The van der Waals surface area contributed by atoms with Crippen molar-refractivity contribution >= 4 is 0 Å². The number of hydrogen-bond donors (Lipinski definition) is 1. The molecule has 0 atom stereocenters. The maximum Gasteiger partial charge on any atom is 0.301 e. The number of rotatable bonds is 3. The van der Waals surface area contributed by atoms with Crippen molar-refractivity contribution < 1.29 is 13.5 Å². The molecule has 0 aliphatic rings. The molecule has 0 radical (unpaired) electrons. The second-order valence-electron chi connectivity index (χ2n) is 2.49. The average molecular weight is 188 g/mol. The summed E-state index contributed by atoms with van der Waals surface area (Å²) in [6.07, 6.45) is 1.24. The van der Waals surface area contributed by atoms with Crippen LogP contribution in [0.5, 0.6) is 5.75 Å². The molecule has 1 aromatic rings. The summed E-state index contributed by atoms with van der Waals surface area (Å²) in [6, 6.07) is 2.62. The van der Waals surface area contributed by atoms with Crippen LogP contribution < -0.4 is 10.5 Å². The molecule has 0 amide bonds. The molecule has 0 bridgehead atoms. The van der Waals surface area contributed by atoms with E-state index >= 15 is 0 Å². The lowest BCUT2D eigenvalue weighted by molar-refractivity contribution is 0.00132. The number of pyridine rings is 1. The molecule has 0 saturated heterocycles. The number of methoxy groups -OCH3 is 1. The van der Waals surface area contributed by atoms with Gasteiger partial charge >= 0.3 is 5.92 Å². The largest absolute Gasteiger partial charge is 0.495 e. The second-order valence-corrected chi connectivity index (χ2v) is 2.49. The van der Waals surface area contributed by atoms with Crippen molar-refractivity contribution in [1.82, 2.24) is 4.98 Å². The fourth-order valence-corrected chi connectivity index (χ4v) is 0.822. The number of hydrogen-bond acceptors (Lipinski definition) is 3. The lowest BCUT2D eigenvalue weighted by atomic mass is 10.2. The molecule has 0 aromatic carbocycles. The minimum absolute atomic E-state index is 0.337. The Hall–Kier alpha value is -1.23. The Bertz CT molecular complexity index is 274. The SMILES string of the molecule is COc1ccc(C(F)(F)CN)nc1. The Morgan fingerprint density at radius 3 is 2.62 bits per heavy atom. The molecule has 0 saturated carbocycles. The summed E-state index contributed by atoms with van der Waals surface area (Å²) in [5.74, 6) is -2.62. The van der Waals surface area contributed by atoms with Gasteiger partial charge in [0, 0.05) is 0 Å². The van der Waals surface area contributed by atoms with Crippen LogP contribution in [-0.4, -0.2) is 18.6 Å². The van der Waals surface area contributed by atoms with Crippen molar-refractivity contribution in [2.45, 2.75) is 5.92 Å². The third-order valence-electron chi connectivity index (χ3n) is 1.60. The van der Waals surface area contributed by atoms with E-state index in [9.17, 15) is 8.78 Å². The smallest absolute Gasteiger partial charge is 0.301 e. The lowest BCUT2D eigenvalue weighted by Crippen LogP contribution is -2.26. The monoisotopic (exact) mass is 188 g/mol. The highest BCUT2D eigenvalue weighted by Gasteiger charge is 2.30. The van der Waals surface area contributed by atoms with Crippen LogP contribution in [0.2, 0.25) is 0 Å². The first-order chi connectivity index (χ1) is 6.10. The van der Waals surface area contributed by atoms with E-state index in [4.69, 9.17) is 10.5 Å². The highest BCUT2D eigenvalue weighted by Crippen LogP contribution is 2.25. The highest BCUT2D eigenvalue weighted by atomic mass is 19.3. The fraction of sp³-hybridized carbons (Fsp3) is 0.375. The number of alkyl halides is 2. The molecule has 2 N–H and O–H groups in total. The second kappa shape index (κ2) is 3.66. The number of nitrogens with two attached hydrogens (primary N) is 1. The summed E-state index contributed by atoms with van der Waals surface area (Å²) in [7, 11) is 1.44. The molecule has 3 nitrogen and oxygen atoms in total. The van der Waals surface area contributed by atoms with Gasteiger partial charge in [-0.05, 0) is 12.1 Å². The van der Waals surface area contributed by atoms with Gasteiger partial charge in [-0.1, -0.05) is 0 Å². The maximum atomic E-state index is 12.9. The first kappa shape index (κ1) is 9.85. The van der Waals surface area contributed by atoms with Crippen molar-refractivity contribution in [1.29, 1.82) is 0 Å². The van der Waals surface area contributed by atoms with E-state index in [0.717, 1.165) is 0 Å². The first-order valence-corrected chi connectivity index (χ1v) is 3.68. The Morgan fingerprint density at radius 1 is 1.54 bits per heavy atom. The summed E-state index contributed by atoms with van der Waals surface area (Å²) in [4.78, 5) is 3.54. The van der Waals surface area contributed by atoms with Crippen LogP contribution in [0.3, 0.4) is 0 Å². The van der Waals surface area contributed by atoms with Crippen LogP contribution in [0.4, 0.5) is 8.78 Å².